The first-order valence-electron chi connectivity index (χ1n) is 13.0. The molecule has 38 heavy (non-hydrogen) atoms. The molecule has 190 valence electrons. The van der Waals surface area contributed by atoms with Crippen LogP contribution in [0.4, 0.5) is 5.69 Å². The number of rotatable bonds is 5. The van der Waals surface area contributed by atoms with Gasteiger partial charge in [-0.15, -0.1) is 0 Å². The third kappa shape index (κ3) is 3.53. The van der Waals surface area contributed by atoms with Crippen LogP contribution in [0.1, 0.15) is 36.1 Å². The molecule has 4 aliphatic heterocycles. The van der Waals surface area contributed by atoms with E-state index in [-0.39, 0.29) is 23.0 Å². The lowest BCUT2D eigenvalue weighted by molar-refractivity contribution is -0.123. The van der Waals surface area contributed by atoms with Crippen molar-refractivity contribution in [2.24, 2.45) is 4.99 Å². The third-order valence-corrected chi connectivity index (χ3v) is 7.85. The zero-order valence-electron chi connectivity index (χ0n) is 20.8. The fourth-order valence-corrected chi connectivity index (χ4v) is 6.10. The van der Waals surface area contributed by atoms with Gasteiger partial charge < -0.3 is 4.90 Å². The predicted molar refractivity (Wildman–Crippen MR) is 143 cm³/mol. The Kier molecular flexibility index (Phi) is 5.33. The number of hydrogen-bond donors (Lipinski definition) is 1. The van der Waals surface area contributed by atoms with Crippen LogP contribution in [0.3, 0.4) is 0 Å². The number of nitrogens with one attached hydrogen (secondary N) is 1. The van der Waals surface area contributed by atoms with E-state index < -0.39 is 11.8 Å². The maximum Gasteiger partial charge on any atom is 0.261 e. The van der Waals surface area contributed by atoms with Crippen LogP contribution in [0.5, 0.6) is 0 Å². The molecule has 1 fully saturated rings. The largest absolute Gasteiger partial charge is 0.335 e. The third-order valence-electron chi connectivity index (χ3n) is 7.85. The van der Waals surface area contributed by atoms with Gasteiger partial charge in [-0.2, -0.15) is 0 Å². The molecular formula is C29H26N6O3. The average Bonchev–Trinajstić information content (AvgIpc) is 3.56. The number of imide groups is 1. The predicted octanol–water partition coefficient (Wildman–Crippen LogP) is 2.50. The second-order valence-corrected chi connectivity index (χ2v) is 10.1. The van der Waals surface area contributed by atoms with Crippen LogP contribution in [-0.4, -0.2) is 63.3 Å². The van der Waals surface area contributed by atoms with Crippen molar-refractivity contribution in [3.8, 4) is 0 Å². The van der Waals surface area contributed by atoms with Crippen molar-refractivity contribution in [3.05, 3.63) is 83.6 Å². The zero-order valence-corrected chi connectivity index (χ0v) is 20.8. The number of anilines is 1. The van der Waals surface area contributed by atoms with E-state index in [0.717, 1.165) is 42.7 Å². The van der Waals surface area contributed by atoms with Crippen molar-refractivity contribution in [1.82, 2.24) is 19.6 Å². The molecule has 1 unspecified atom stereocenters. The smallest absolute Gasteiger partial charge is 0.261 e. The molecule has 4 aliphatic rings. The fourth-order valence-electron chi connectivity index (χ4n) is 6.10. The number of piperidine rings is 1. The van der Waals surface area contributed by atoms with E-state index in [2.05, 4.69) is 20.2 Å². The molecule has 0 radical (unpaired) electrons. The number of aliphatic imine (C=N–C) groups is 1. The SMILES string of the molecule is O=C1NC(=O)C(c2cnc3ccccn23)=C1C1=NC=CN2c3c(cccc31)CC2C(=O)CN1CCCCC1. The van der Waals surface area contributed by atoms with Gasteiger partial charge >= 0.3 is 0 Å². The number of likely N-dealkylation sites (tertiary alicyclic amines) is 1. The van der Waals surface area contributed by atoms with Crippen molar-refractivity contribution in [1.29, 1.82) is 0 Å². The van der Waals surface area contributed by atoms with E-state index in [9.17, 15) is 14.4 Å². The van der Waals surface area contributed by atoms with Gasteiger partial charge in [-0.05, 0) is 43.6 Å². The Balaban J connectivity index is 1.31. The van der Waals surface area contributed by atoms with Gasteiger partial charge in [-0.25, -0.2) is 4.98 Å². The van der Waals surface area contributed by atoms with Crippen molar-refractivity contribution in [3.63, 3.8) is 0 Å². The lowest BCUT2D eigenvalue weighted by atomic mass is 9.94. The zero-order chi connectivity index (χ0) is 25.8. The minimum Gasteiger partial charge on any atom is -0.335 e. The Morgan fingerprint density at radius 3 is 2.71 bits per heavy atom. The Morgan fingerprint density at radius 2 is 1.84 bits per heavy atom. The second kappa shape index (κ2) is 8.88. The van der Waals surface area contributed by atoms with Gasteiger partial charge in [-0.3, -0.25) is 34.0 Å². The molecule has 2 amide bonds. The van der Waals surface area contributed by atoms with Gasteiger partial charge in [0.1, 0.15) is 5.65 Å². The Bertz CT molecular complexity index is 1610. The van der Waals surface area contributed by atoms with E-state index in [4.69, 9.17) is 0 Å². The highest BCUT2D eigenvalue weighted by atomic mass is 16.2. The number of carbonyl (C=O) groups is 3. The number of amides is 2. The van der Waals surface area contributed by atoms with Crippen LogP contribution in [0.2, 0.25) is 0 Å². The topological polar surface area (TPSA) is 99.4 Å². The first-order valence-corrected chi connectivity index (χ1v) is 13.0. The summed E-state index contributed by atoms with van der Waals surface area (Å²) < 4.78 is 1.79. The van der Waals surface area contributed by atoms with Crippen LogP contribution < -0.4 is 10.2 Å². The molecule has 1 atom stereocenters. The van der Waals surface area contributed by atoms with Gasteiger partial charge in [0.25, 0.3) is 11.8 Å². The van der Waals surface area contributed by atoms with Gasteiger partial charge in [-0.1, -0.05) is 30.7 Å². The van der Waals surface area contributed by atoms with Crippen molar-refractivity contribution >= 4 is 40.2 Å². The van der Waals surface area contributed by atoms with E-state index in [0.29, 0.717) is 30.0 Å². The van der Waals surface area contributed by atoms with Gasteiger partial charge in [0.05, 0.1) is 47.0 Å². The number of aromatic nitrogens is 2. The van der Waals surface area contributed by atoms with E-state index in [1.807, 2.05) is 53.7 Å². The van der Waals surface area contributed by atoms with E-state index in [1.54, 1.807) is 16.8 Å². The molecule has 2 aromatic heterocycles. The molecule has 9 heteroatoms. The summed E-state index contributed by atoms with van der Waals surface area (Å²) in [6.45, 7) is 2.36. The molecule has 7 rings (SSSR count). The molecule has 0 spiro atoms. The molecule has 1 N–H and O–H groups in total. The highest BCUT2D eigenvalue weighted by Crippen LogP contribution is 2.40. The molecule has 9 nitrogen and oxygen atoms in total. The molecule has 1 aromatic carbocycles. The van der Waals surface area contributed by atoms with Gasteiger partial charge in [0.15, 0.2) is 5.78 Å². The lowest BCUT2D eigenvalue weighted by Gasteiger charge is -2.29. The number of para-hydroxylation sites is 1. The Morgan fingerprint density at radius 1 is 1.00 bits per heavy atom. The second-order valence-electron chi connectivity index (χ2n) is 10.1. The number of nitrogens with zero attached hydrogens (tertiary/aromatic N) is 5. The molecule has 0 aliphatic carbocycles. The number of pyridine rings is 1. The highest BCUT2D eigenvalue weighted by molar-refractivity contribution is 6.47. The molecule has 6 heterocycles. The maximum atomic E-state index is 13.5. The van der Waals surface area contributed by atoms with Crippen molar-refractivity contribution in [2.75, 3.05) is 24.5 Å². The molecule has 0 bridgehead atoms. The standard InChI is InChI=1S/C29H26N6O3/c36-22(17-33-11-3-1-4-12-33)20-15-18-7-6-8-19-26(30-10-14-35(20)27(18)19)25-24(28(37)32-29(25)38)21-16-31-23-9-2-5-13-34(21)23/h2,5-10,13-14,16,20H,1,3-4,11-12,15,17H2,(H,32,37,38). The molecule has 1 saturated heterocycles. The number of carbonyl (C=O) groups excluding carboxylic acids is 3. The minimum absolute atomic E-state index is 0.182. The molecular weight excluding hydrogens is 480 g/mol. The van der Waals surface area contributed by atoms with Crippen LogP contribution >= 0.6 is 0 Å². The summed E-state index contributed by atoms with van der Waals surface area (Å²) in [6, 6.07) is 11.1. The summed E-state index contributed by atoms with van der Waals surface area (Å²) in [5, 5.41) is 2.46. The average molecular weight is 507 g/mol. The highest BCUT2D eigenvalue weighted by Gasteiger charge is 2.41. The fraction of sp³-hybridized carbons (Fsp3) is 0.276. The molecule has 0 saturated carbocycles. The summed E-state index contributed by atoms with van der Waals surface area (Å²) in [6.07, 6.45) is 11.0. The number of benzene rings is 1. The Hall–Kier alpha value is -4.37. The monoisotopic (exact) mass is 506 g/mol. The summed E-state index contributed by atoms with van der Waals surface area (Å²) in [7, 11) is 0. The van der Waals surface area contributed by atoms with Gasteiger partial charge in [0, 0.05) is 30.6 Å². The maximum absolute atomic E-state index is 13.5. The normalized spacial score (nSPS) is 21.1. The lowest BCUT2D eigenvalue weighted by Crippen LogP contribution is -2.43. The van der Waals surface area contributed by atoms with Crippen LogP contribution in [0, 0.1) is 0 Å². The molecule has 3 aromatic rings. The minimum atomic E-state index is -0.496. The quantitative estimate of drug-likeness (QED) is 0.534. The number of Topliss-reactive ketones (excluding diaryl/α,β-unsaturated/α-hetero) is 1. The first kappa shape index (κ1) is 22.8. The van der Waals surface area contributed by atoms with E-state index >= 15 is 0 Å². The Labute approximate surface area is 219 Å². The number of ketones is 1. The number of hydrogen-bond acceptors (Lipinski definition) is 7. The number of fused-ring (bicyclic) bond motifs is 1. The van der Waals surface area contributed by atoms with Crippen LogP contribution in [0.25, 0.3) is 11.2 Å². The van der Waals surface area contributed by atoms with Crippen LogP contribution in [-0.2, 0) is 20.8 Å². The summed E-state index contributed by atoms with van der Waals surface area (Å²) in [5.74, 6) is -0.794. The van der Waals surface area contributed by atoms with Crippen LogP contribution in [0.15, 0.2) is 71.8 Å². The van der Waals surface area contributed by atoms with Crippen molar-refractivity contribution in [2.45, 2.75) is 31.7 Å². The summed E-state index contributed by atoms with van der Waals surface area (Å²) in [4.78, 5) is 53.1. The summed E-state index contributed by atoms with van der Waals surface area (Å²) in [5.41, 5.74) is 4.68. The summed E-state index contributed by atoms with van der Waals surface area (Å²) >= 11 is 0. The van der Waals surface area contributed by atoms with E-state index in [1.165, 1.54) is 6.42 Å². The first-order chi connectivity index (χ1) is 18.6. The number of imidazole rings is 1. The van der Waals surface area contributed by atoms with Crippen molar-refractivity contribution < 1.29 is 14.4 Å². The van der Waals surface area contributed by atoms with Gasteiger partial charge in [0.2, 0.25) is 0 Å².